The first-order chi connectivity index (χ1) is 19.2. The highest BCUT2D eigenvalue weighted by Gasteiger charge is 2.16. The number of nitro groups is 1. The SMILES string of the molecule is Cc1cccc(C(=O)Nc2ccccc2C(=O)N/N=C\c2cc(Br)ccc2OC(=O)c2ccc([N+](=O)[O-])cc2)c1. The smallest absolute Gasteiger partial charge is 0.343 e. The third-order valence-corrected chi connectivity index (χ3v) is 6.05. The Morgan fingerprint density at radius 1 is 0.900 bits per heavy atom. The van der Waals surface area contributed by atoms with E-state index in [0.717, 1.165) is 5.56 Å². The fourth-order valence-electron chi connectivity index (χ4n) is 3.58. The molecule has 0 saturated carbocycles. The van der Waals surface area contributed by atoms with Crippen molar-refractivity contribution in [2.45, 2.75) is 6.92 Å². The third-order valence-electron chi connectivity index (χ3n) is 5.56. The van der Waals surface area contributed by atoms with Crippen LogP contribution in [-0.4, -0.2) is 28.9 Å². The van der Waals surface area contributed by atoms with Crippen molar-refractivity contribution < 1.29 is 24.0 Å². The normalized spacial score (nSPS) is 10.7. The Kier molecular flexibility index (Phi) is 8.77. The molecule has 0 aromatic heterocycles. The minimum Gasteiger partial charge on any atom is -0.422 e. The maximum atomic E-state index is 12.9. The number of non-ortho nitro benzene ring substituents is 1. The van der Waals surface area contributed by atoms with E-state index in [9.17, 15) is 24.5 Å². The third kappa shape index (κ3) is 7.03. The summed E-state index contributed by atoms with van der Waals surface area (Å²) in [7, 11) is 0. The average molecular weight is 601 g/mol. The number of halogens is 1. The van der Waals surface area contributed by atoms with E-state index in [1.165, 1.54) is 36.5 Å². The molecule has 4 aromatic carbocycles. The Bertz CT molecular complexity index is 1640. The number of ether oxygens (including phenoxy) is 1. The van der Waals surface area contributed by atoms with E-state index >= 15 is 0 Å². The van der Waals surface area contributed by atoms with Crippen LogP contribution in [0.3, 0.4) is 0 Å². The maximum absolute atomic E-state index is 12.9. The number of nitrogens with one attached hydrogen (secondary N) is 2. The number of nitrogens with zero attached hydrogens (tertiary/aromatic N) is 2. The minimum atomic E-state index is -0.728. The first-order valence-electron chi connectivity index (χ1n) is 11.8. The number of hydrogen-bond donors (Lipinski definition) is 2. The summed E-state index contributed by atoms with van der Waals surface area (Å²) in [5, 5.41) is 17.6. The van der Waals surface area contributed by atoms with Gasteiger partial charge in [0.2, 0.25) is 0 Å². The Hall–Kier alpha value is -5.16. The van der Waals surface area contributed by atoms with Gasteiger partial charge in [-0.15, -0.1) is 0 Å². The molecule has 0 saturated heterocycles. The van der Waals surface area contributed by atoms with Crippen LogP contribution in [0.1, 0.15) is 42.2 Å². The summed E-state index contributed by atoms with van der Waals surface area (Å²) in [6.07, 6.45) is 1.30. The highest BCUT2D eigenvalue weighted by Crippen LogP contribution is 2.24. The van der Waals surface area contributed by atoms with Gasteiger partial charge < -0.3 is 10.1 Å². The quantitative estimate of drug-likeness (QED) is 0.0848. The average Bonchev–Trinajstić information content (AvgIpc) is 2.94. The summed E-state index contributed by atoms with van der Waals surface area (Å²) in [5.74, 6) is -1.51. The Labute approximate surface area is 237 Å². The first-order valence-corrected chi connectivity index (χ1v) is 12.6. The second-order valence-corrected chi connectivity index (χ2v) is 9.36. The molecule has 4 rings (SSSR count). The molecule has 200 valence electrons. The van der Waals surface area contributed by atoms with Crippen molar-refractivity contribution in [1.29, 1.82) is 0 Å². The van der Waals surface area contributed by atoms with Gasteiger partial charge in [-0.2, -0.15) is 5.10 Å². The fraction of sp³-hybridized carbons (Fsp3) is 0.0345. The number of nitro benzene ring substituents is 1. The van der Waals surface area contributed by atoms with Crippen LogP contribution in [0.2, 0.25) is 0 Å². The van der Waals surface area contributed by atoms with Crippen molar-refractivity contribution in [3.63, 3.8) is 0 Å². The van der Waals surface area contributed by atoms with Crippen molar-refractivity contribution in [3.05, 3.63) is 133 Å². The number of hydrazone groups is 1. The molecule has 2 N–H and O–H groups in total. The Morgan fingerprint density at radius 2 is 1.65 bits per heavy atom. The zero-order chi connectivity index (χ0) is 28.6. The Balaban J connectivity index is 1.47. The van der Waals surface area contributed by atoms with Crippen molar-refractivity contribution >= 4 is 51.3 Å². The number of para-hydroxylation sites is 1. The largest absolute Gasteiger partial charge is 0.422 e. The summed E-state index contributed by atoms with van der Waals surface area (Å²) < 4.78 is 6.13. The second kappa shape index (κ2) is 12.6. The van der Waals surface area contributed by atoms with Gasteiger partial charge in [-0.05, 0) is 61.5 Å². The number of esters is 1. The van der Waals surface area contributed by atoms with Gasteiger partial charge >= 0.3 is 5.97 Å². The van der Waals surface area contributed by atoms with Crippen LogP contribution in [0, 0.1) is 17.0 Å². The van der Waals surface area contributed by atoms with Crippen molar-refractivity contribution in [2.24, 2.45) is 5.10 Å². The molecular weight excluding hydrogens is 580 g/mol. The highest BCUT2D eigenvalue weighted by molar-refractivity contribution is 9.10. The first kappa shape index (κ1) is 27.9. The van der Waals surface area contributed by atoms with Gasteiger partial charge in [-0.25, -0.2) is 10.2 Å². The van der Waals surface area contributed by atoms with Crippen molar-refractivity contribution in [1.82, 2.24) is 5.43 Å². The molecule has 0 aliphatic rings. The number of aryl methyl sites for hydroxylation is 1. The monoisotopic (exact) mass is 600 g/mol. The van der Waals surface area contributed by atoms with E-state index in [1.807, 2.05) is 13.0 Å². The lowest BCUT2D eigenvalue weighted by atomic mass is 10.1. The number of rotatable bonds is 8. The van der Waals surface area contributed by atoms with E-state index in [2.05, 4.69) is 31.8 Å². The summed E-state index contributed by atoms with van der Waals surface area (Å²) >= 11 is 3.35. The molecule has 10 nitrogen and oxygen atoms in total. The van der Waals surface area contributed by atoms with Gasteiger partial charge in [-0.3, -0.25) is 19.7 Å². The molecule has 11 heteroatoms. The maximum Gasteiger partial charge on any atom is 0.343 e. The lowest BCUT2D eigenvalue weighted by molar-refractivity contribution is -0.384. The Morgan fingerprint density at radius 3 is 2.38 bits per heavy atom. The predicted octanol–water partition coefficient (Wildman–Crippen LogP) is 5.90. The van der Waals surface area contributed by atoms with Crippen LogP contribution in [0.4, 0.5) is 11.4 Å². The van der Waals surface area contributed by atoms with Gasteiger partial charge in [-0.1, -0.05) is 45.8 Å². The minimum absolute atomic E-state index is 0.119. The molecule has 40 heavy (non-hydrogen) atoms. The number of benzene rings is 4. The molecule has 0 radical (unpaired) electrons. The summed E-state index contributed by atoms with van der Waals surface area (Å²) in [5.41, 5.74) is 4.64. The van der Waals surface area contributed by atoms with Crippen molar-refractivity contribution in [3.8, 4) is 5.75 Å². The molecular formula is C29H21BrN4O6. The lowest BCUT2D eigenvalue weighted by Crippen LogP contribution is -2.21. The van der Waals surface area contributed by atoms with Crippen LogP contribution in [0.5, 0.6) is 5.75 Å². The molecule has 0 aliphatic heterocycles. The standard InChI is InChI=1S/C29H21BrN4O6/c1-18-5-4-6-20(15-18)27(35)32-25-8-3-2-7-24(25)28(36)33-31-17-21-16-22(30)11-14-26(21)40-29(37)19-9-12-23(13-10-19)34(38)39/h2-17H,1H3,(H,32,35)(H,33,36)/b31-17-. The number of anilines is 1. The van der Waals surface area contributed by atoms with E-state index in [1.54, 1.807) is 54.6 Å². The molecule has 0 atom stereocenters. The zero-order valence-electron chi connectivity index (χ0n) is 21.0. The molecule has 0 spiro atoms. The molecule has 0 bridgehead atoms. The van der Waals surface area contributed by atoms with Crippen LogP contribution in [0.15, 0.2) is 101 Å². The second-order valence-electron chi connectivity index (χ2n) is 8.44. The van der Waals surface area contributed by atoms with Gasteiger partial charge in [0.15, 0.2) is 0 Å². The zero-order valence-corrected chi connectivity index (χ0v) is 22.5. The molecule has 2 amide bonds. The number of amides is 2. The fourth-order valence-corrected chi connectivity index (χ4v) is 3.96. The summed E-state index contributed by atoms with van der Waals surface area (Å²) in [6.45, 7) is 1.88. The van der Waals surface area contributed by atoms with Crippen LogP contribution >= 0.6 is 15.9 Å². The molecule has 0 heterocycles. The van der Waals surface area contributed by atoms with Crippen molar-refractivity contribution in [2.75, 3.05) is 5.32 Å². The topological polar surface area (TPSA) is 140 Å². The van der Waals surface area contributed by atoms with Crippen LogP contribution in [-0.2, 0) is 0 Å². The van der Waals surface area contributed by atoms with Gasteiger partial charge in [0.25, 0.3) is 17.5 Å². The highest BCUT2D eigenvalue weighted by atomic mass is 79.9. The van der Waals surface area contributed by atoms with E-state index in [0.29, 0.717) is 21.3 Å². The predicted molar refractivity (Wildman–Crippen MR) is 153 cm³/mol. The number of hydrogen-bond acceptors (Lipinski definition) is 7. The van der Waals surface area contributed by atoms with Crippen LogP contribution in [0.25, 0.3) is 0 Å². The van der Waals surface area contributed by atoms with Gasteiger partial charge in [0, 0.05) is 27.7 Å². The summed E-state index contributed by atoms with van der Waals surface area (Å²) in [6, 6.07) is 23.4. The molecule has 4 aromatic rings. The van der Waals surface area contributed by atoms with Crippen LogP contribution < -0.4 is 15.5 Å². The number of carbonyl (C=O) groups is 3. The summed E-state index contributed by atoms with van der Waals surface area (Å²) in [4.78, 5) is 48.5. The molecule has 0 fully saturated rings. The number of carbonyl (C=O) groups excluding carboxylic acids is 3. The van der Waals surface area contributed by atoms with Gasteiger partial charge in [0.1, 0.15) is 5.75 Å². The van der Waals surface area contributed by atoms with Gasteiger partial charge in [0.05, 0.1) is 28.0 Å². The lowest BCUT2D eigenvalue weighted by Gasteiger charge is -2.10. The molecule has 0 aliphatic carbocycles. The molecule has 0 unspecified atom stereocenters. The van der Waals surface area contributed by atoms with E-state index < -0.39 is 16.8 Å². The van der Waals surface area contributed by atoms with E-state index in [4.69, 9.17) is 4.74 Å². The van der Waals surface area contributed by atoms with E-state index in [-0.39, 0.29) is 28.5 Å².